The van der Waals surface area contributed by atoms with E-state index >= 15 is 0 Å². The molecule has 0 radical (unpaired) electrons. The van der Waals surface area contributed by atoms with E-state index in [0.717, 1.165) is 31.5 Å². The fourth-order valence-corrected chi connectivity index (χ4v) is 2.22. The second kappa shape index (κ2) is 6.57. The number of rotatable bonds is 4. The number of ether oxygens (including phenoxy) is 1. The summed E-state index contributed by atoms with van der Waals surface area (Å²) in [5.74, 6) is 0.717. The lowest BCUT2D eigenvalue weighted by Crippen LogP contribution is -2.38. The van der Waals surface area contributed by atoms with Gasteiger partial charge in [0.25, 0.3) is 5.91 Å². The van der Waals surface area contributed by atoms with Crippen LogP contribution in [0.5, 0.6) is 5.75 Å². The Morgan fingerprint density at radius 1 is 1.26 bits per heavy atom. The molecule has 1 N–H and O–H groups in total. The molecule has 0 spiro atoms. The molecule has 1 unspecified atom stereocenters. The van der Waals surface area contributed by atoms with Crippen molar-refractivity contribution in [1.82, 2.24) is 4.90 Å². The largest absolute Gasteiger partial charge is 0.484 e. The summed E-state index contributed by atoms with van der Waals surface area (Å²) in [4.78, 5) is 13.8. The third-order valence-electron chi connectivity index (χ3n) is 3.43. The van der Waals surface area contributed by atoms with E-state index in [4.69, 9.17) is 4.74 Å². The standard InChI is InChI=1S/C15H21NO3/c1-12(17)13-5-7-14(8-6-13)19-11-15(18)16-9-3-2-4-10-16/h5-8,12,17H,2-4,9-11H2,1H3. The van der Waals surface area contributed by atoms with Crippen LogP contribution in [-0.2, 0) is 4.79 Å². The van der Waals surface area contributed by atoms with Crippen LogP contribution in [-0.4, -0.2) is 35.6 Å². The number of hydrogen-bond acceptors (Lipinski definition) is 3. The Labute approximate surface area is 114 Å². The van der Waals surface area contributed by atoms with Gasteiger partial charge in [-0.15, -0.1) is 0 Å². The first kappa shape index (κ1) is 13.9. The number of aliphatic hydroxyl groups excluding tert-OH is 1. The number of nitrogens with zero attached hydrogens (tertiary/aromatic N) is 1. The van der Waals surface area contributed by atoms with Crippen molar-refractivity contribution in [3.63, 3.8) is 0 Å². The fourth-order valence-electron chi connectivity index (χ4n) is 2.22. The molecule has 1 atom stereocenters. The average molecular weight is 263 g/mol. The lowest BCUT2D eigenvalue weighted by Gasteiger charge is -2.26. The maximum Gasteiger partial charge on any atom is 0.260 e. The van der Waals surface area contributed by atoms with Crippen LogP contribution in [0.25, 0.3) is 0 Å². The van der Waals surface area contributed by atoms with Gasteiger partial charge in [0.2, 0.25) is 0 Å². The molecule has 0 bridgehead atoms. The van der Waals surface area contributed by atoms with E-state index in [9.17, 15) is 9.90 Å². The van der Waals surface area contributed by atoms with Crippen molar-refractivity contribution in [3.8, 4) is 5.75 Å². The third-order valence-corrected chi connectivity index (χ3v) is 3.43. The highest BCUT2D eigenvalue weighted by Gasteiger charge is 2.16. The van der Waals surface area contributed by atoms with Crippen LogP contribution in [0.1, 0.15) is 37.9 Å². The van der Waals surface area contributed by atoms with Gasteiger partial charge in [0.1, 0.15) is 5.75 Å². The molecular weight excluding hydrogens is 242 g/mol. The zero-order valence-corrected chi connectivity index (χ0v) is 11.3. The first-order valence-corrected chi connectivity index (χ1v) is 6.85. The quantitative estimate of drug-likeness (QED) is 0.905. The van der Waals surface area contributed by atoms with Gasteiger partial charge >= 0.3 is 0 Å². The van der Waals surface area contributed by atoms with Crippen LogP contribution < -0.4 is 4.74 Å². The highest BCUT2D eigenvalue weighted by atomic mass is 16.5. The van der Waals surface area contributed by atoms with Crippen molar-refractivity contribution in [2.45, 2.75) is 32.3 Å². The molecule has 1 aliphatic rings. The second-order valence-corrected chi connectivity index (χ2v) is 4.98. The molecule has 19 heavy (non-hydrogen) atoms. The molecule has 4 heteroatoms. The van der Waals surface area contributed by atoms with E-state index < -0.39 is 6.10 Å². The van der Waals surface area contributed by atoms with Crippen molar-refractivity contribution < 1.29 is 14.6 Å². The first-order chi connectivity index (χ1) is 9.16. The Balaban J connectivity index is 1.82. The summed E-state index contributed by atoms with van der Waals surface area (Å²) in [6, 6.07) is 7.19. The smallest absolute Gasteiger partial charge is 0.260 e. The molecule has 1 fully saturated rings. The predicted molar refractivity (Wildman–Crippen MR) is 73.0 cm³/mol. The SMILES string of the molecule is CC(O)c1ccc(OCC(=O)N2CCCCC2)cc1. The molecule has 4 nitrogen and oxygen atoms in total. The summed E-state index contributed by atoms with van der Waals surface area (Å²) in [7, 11) is 0. The zero-order chi connectivity index (χ0) is 13.7. The minimum atomic E-state index is -0.482. The molecule has 2 rings (SSSR count). The van der Waals surface area contributed by atoms with Gasteiger partial charge in [0.05, 0.1) is 6.10 Å². The molecule has 0 aliphatic carbocycles. The number of likely N-dealkylation sites (tertiary alicyclic amines) is 1. The monoisotopic (exact) mass is 263 g/mol. The normalized spacial score (nSPS) is 17.1. The van der Waals surface area contributed by atoms with Crippen molar-refractivity contribution in [1.29, 1.82) is 0 Å². The molecule has 1 aromatic rings. The maximum atomic E-state index is 11.9. The minimum Gasteiger partial charge on any atom is -0.484 e. The minimum absolute atomic E-state index is 0.0549. The Morgan fingerprint density at radius 3 is 2.47 bits per heavy atom. The van der Waals surface area contributed by atoms with E-state index in [1.807, 2.05) is 17.0 Å². The molecule has 1 heterocycles. The summed E-state index contributed by atoms with van der Waals surface area (Å²) in [5, 5.41) is 9.40. The summed E-state index contributed by atoms with van der Waals surface area (Å²) >= 11 is 0. The third kappa shape index (κ3) is 3.96. The highest BCUT2D eigenvalue weighted by molar-refractivity contribution is 5.77. The van der Waals surface area contributed by atoms with Gasteiger partial charge in [-0.25, -0.2) is 0 Å². The lowest BCUT2D eigenvalue weighted by atomic mass is 10.1. The number of carbonyl (C=O) groups is 1. The topological polar surface area (TPSA) is 49.8 Å². The molecule has 1 aromatic carbocycles. The number of benzene rings is 1. The summed E-state index contributed by atoms with van der Waals surface area (Å²) in [6.07, 6.45) is 2.92. The van der Waals surface area contributed by atoms with Crippen LogP contribution >= 0.6 is 0 Å². The second-order valence-electron chi connectivity index (χ2n) is 4.98. The van der Waals surface area contributed by atoms with Crippen LogP contribution in [0, 0.1) is 0 Å². The summed E-state index contributed by atoms with van der Waals surface area (Å²) in [5.41, 5.74) is 0.842. The van der Waals surface area contributed by atoms with Crippen molar-refractivity contribution in [2.24, 2.45) is 0 Å². The highest BCUT2D eigenvalue weighted by Crippen LogP contribution is 2.17. The molecular formula is C15H21NO3. The van der Waals surface area contributed by atoms with Gasteiger partial charge in [0.15, 0.2) is 6.61 Å². The molecule has 104 valence electrons. The average Bonchev–Trinajstić information content (AvgIpc) is 2.46. The van der Waals surface area contributed by atoms with E-state index in [0.29, 0.717) is 5.75 Å². The number of piperidine rings is 1. The van der Waals surface area contributed by atoms with Crippen LogP contribution in [0.2, 0.25) is 0 Å². The Bertz CT molecular complexity index is 408. The van der Waals surface area contributed by atoms with Gasteiger partial charge in [-0.3, -0.25) is 4.79 Å². The number of hydrogen-bond donors (Lipinski definition) is 1. The summed E-state index contributed by atoms with van der Waals surface area (Å²) < 4.78 is 5.48. The van der Waals surface area contributed by atoms with Crippen molar-refractivity contribution in [2.75, 3.05) is 19.7 Å². The van der Waals surface area contributed by atoms with Crippen molar-refractivity contribution >= 4 is 5.91 Å². The van der Waals surface area contributed by atoms with Gasteiger partial charge in [-0.2, -0.15) is 0 Å². The van der Waals surface area contributed by atoms with Crippen LogP contribution in [0.4, 0.5) is 0 Å². The van der Waals surface area contributed by atoms with Crippen molar-refractivity contribution in [3.05, 3.63) is 29.8 Å². The predicted octanol–water partition coefficient (Wildman–Crippen LogP) is 2.13. The molecule has 0 aromatic heterocycles. The fraction of sp³-hybridized carbons (Fsp3) is 0.533. The lowest BCUT2D eigenvalue weighted by molar-refractivity contribution is -0.134. The van der Waals surface area contributed by atoms with Crippen LogP contribution in [0.15, 0.2) is 24.3 Å². The van der Waals surface area contributed by atoms with E-state index in [1.165, 1.54) is 6.42 Å². The number of aliphatic hydroxyl groups is 1. The Hall–Kier alpha value is -1.55. The Morgan fingerprint density at radius 2 is 1.89 bits per heavy atom. The molecule has 1 aliphatic heterocycles. The number of amides is 1. The maximum absolute atomic E-state index is 11.9. The molecule has 1 amide bonds. The van der Waals surface area contributed by atoms with E-state index in [2.05, 4.69) is 0 Å². The van der Waals surface area contributed by atoms with Crippen LogP contribution in [0.3, 0.4) is 0 Å². The first-order valence-electron chi connectivity index (χ1n) is 6.85. The van der Waals surface area contributed by atoms with Gasteiger partial charge in [-0.1, -0.05) is 12.1 Å². The Kier molecular flexibility index (Phi) is 4.80. The van der Waals surface area contributed by atoms with Gasteiger partial charge in [-0.05, 0) is 43.9 Å². The van der Waals surface area contributed by atoms with Gasteiger partial charge < -0.3 is 14.7 Å². The zero-order valence-electron chi connectivity index (χ0n) is 11.3. The molecule has 1 saturated heterocycles. The molecule has 0 saturated carbocycles. The number of carbonyl (C=O) groups excluding carboxylic acids is 1. The van der Waals surface area contributed by atoms with E-state index in [1.54, 1.807) is 19.1 Å². The van der Waals surface area contributed by atoms with E-state index in [-0.39, 0.29) is 12.5 Å². The summed E-state index contributed by atoms with van der Waals surface area (Å²) in [6.45, 7) is 3.51. The van der Waals surface area contributed by atoms with Gasteiger partial charge in [0, 0.05) is 13.1 Å².